The second-order valence-electron chi connectivity index (χ2n) is 5.40. The van der Waals surface area contributed by atoms with Gasteiger partial charge in [0.1, 0.15) is 0 Å². The van der Waals surface area contributed by atoms with Crippen molar-refractivity contribution in [1.82, 2.24) is 10.9 Å². The number of nitrogens with one attached hydrogen (secondary N) is 2. The summed E-state index contributed by atoms with van der Waals surface area (Å²) >= 11 is 0. The van der Waals surface area contributed by atoms with E-state index in [2.05, 4.69) is 10.5 Å². The van der Waals surface area contributed by atoms with E-state index < -0.39 is 5.91 Å². The molecule has 4 N–H and O–H groups in total. The van der Waals surface area contributed by atoms with Gasteiger partial charge in [-0.3, -0.25) is 14.8 Å². The normalized spacial score (nSPS) is 10.6. The number of carbonyl (C=O) groups excluding carboxylic acids is 2. The predicted molar refractivity (Wildman–Crippen MR) is 92.6 cm³/mol. The number of hydrogen-bond acceptors (Lipinski definition) is 6. The zero-order chi connectivity index (χ0) is 18.5. The Morgan fingerprint density at radius 1 is 1.16 bits per heavy atom. The first-order chi connectivity index (χ1) is 12.1. The molecule has 0 fully saturated rings. The summed E-state index contributed by atoms with van der Waals surface area (Å²) in [6, 6.07) is 4.80. The van der Waals surface area contributed by atoms with Crippen molar-refractivity contribution in [3.8, 4) is 11.5 Å². The molecule has 0 atom stereocenters. The van der Waals surface area contributed by atoms with Gasteiger partial charge in [-0.15, -0.1) is 0 Å². The van der Waals surface area contributed by atoms with Gasteiger partial charge in [0, 0.05) is 12.8 Å². The number of carbonyl (C=O) groups is 2. The van der Waals surface area contributed by atoms with Crippen LogP contribution in [0.5, 0.6) is 11.5 Å². The summed E-state index contributed by atoms with van der Waals surface area (Å²) in [5, 5.41) is 21.8. The van der Waals surface area contributed by atoms with Gasteiger partial charge in [-0.1, -0.05) is 12.8 Å². The van der Waals surface area contributed by atoms with Crippen LogP contribution >= 0.6 is 0 Å². The first kappa shape index (κ1) is 20.4. The fraction of sp³-hybridized carbons (Fsp3) is 0.471. The number of hydroxylamine groups is 1. The smallest absolute Gasteiger partial charge is 0.243 e. The number of nitrogens with zero attached hydrogens (tertiary/aromatic N) is 1. The van der Waals surface area contributed by atoms with Crippen LogP contribution in [0.2, 0.25) is 0 Å². The number of benzene rings is 1. The largest absolute Gasteiger partial charge is 0.504 e. The molecular weight excluding hydrogens is 326 g/mol. The Labute approximate surface area is 146 Å². The van der Waals surface area contributed by atoms with E-state index >= 15 is 0 Å². The van der Waals surface area contributed by atoms with Crippen LogP contribution in [-0.2, 0) is 9.59 Å². The van der Waals surface area contributed by atoms with Gasteiger partial charge in [-0.05, 0) is 43.5 Å². The number of hydrazone groups is 1. The van der Waals surface area contributed by atoms with Crippen LogP contribution in [0.4, 0.5) is 0 Å². The van der Waals surface area contributed by atoms with Gasteiger partial charge >= 0.3 is 0 Å². The molecule has 0 aliphatic heterocycles. The topological polar surface area (TPSA) is 120 Å². The minimum atomic E-state index is -0.395. The van der Waals surface area contributed by atoms with Crippen molar-refractivity contribution in [3.05, 3.63) is 23.8 Å². The van der Waals surface area contributed by atoms with Crippen molar-refractivity contribution >= 4 is 18.0 Å². The summed E-state index contributed by atoms with van der Waals surface area (Å²) in [5.41, 5.74) is 4.73. The van der Waals surface area contributed by atoms with Gasteiger partial charge in [-0.25, -0.2) is 10.9 Å². The van der Waals surface area contributed by atoms with E-state index in [1.54, 1.807) is 17.6 Å². The van der Waals surface area contributed by atoms with Crippen LogP contribution in [0.1, 0.15) is 51.0 Å². The van der Waals surface area contributed by atoms with Crippen LogP contribution in [0.3, 0.4) is 0 Å². The SMILES string of the molecule is CCOc1cc(/C=N/NC(=O)CCCCCCC(=O)NO)ccc1O. The van der Waals surface area contributed by atoms with Gasteiger partial charge in [0.25, 0.3) is 0 Å². The Balaban J connectivity index is 2.24. The maximum absolute atomic E-state index is 11.7. The summed E-state index contributed by atoms with van der Waals surface area (Å²) in [4.78, 5) is 22.5. The van der Waals surface area contributed by atoms with E-state index in [-0.39, 0.29) is 18.1 Å². The number of phenolic OH excluding ortho intramolecular Hbond substituents is 1. The fourth-order valence-corrected chi connectivity index (χ4v) is 2.10. The Hall–Kier alpha value is -2.61. The van der Waals surface area contributed by atoms with Gasteiger partial charge in [-0.2, -0.15) is 5.10 Å². The third-order valence-corrected chi connectivity index (χ3v) is 3.37. The molecule has 1 rings (SSSR count). The summed E-state index contributed by atoms with van der Waals surface area (Å²) in [6.45, 7) is 2.26. The molecule has 0 aromatic heterocycles. The molecule has 0 aliphatic rings. The number of aromatic hydroxyl groups is 1. The quantitative estimate of drug-likeness (QED) is 0.211. The van der Waals surface area contributed by atoms with Crippen molar-refractivity contribution in [2.75, 3.05) is 6.61 Å². The van der Waals surface area contributed by atoms with Crippen LogP contribution in [-0.4, -0.2) is 34.9 Å². The average Bonchev–Trinajstić information content (AvgIpc) is 2.60. The molecule has 8 nitrogen and oxygen atoms in total. The Morgan fingerprint density at radius 3 is 2.48 bits per heavy atom. The molecular formula is C17H25N3O5. The third-order valence-electron chi connectivity index (χ3n) is 3.37. The summed E-state index contributed by atoms with van der Waals surface area (Å²) in [6.07, 6.45) is 5.13. The number of ether oxygens (including phenoxy) is 1. The highest BCUT2D eigenvalue weighted by atomic mass is 16.5. The zero-order valence-electron chi connectivity index (χ0n) is 14.3. The highest BCUT2D eigenvalue weighted by molar-refractivity contribution is 5.83. The lowest BCUT2D eigenvalue weighted by Crippen LogP contribution is -2.18. The summed E-state index contributed by atoms with van der Waals surface area (Å²) in [7, 11) is 0. The standard InChI is InChI=1S/C17H25N3O5/c1-2-25-15-11-13(9-10-14(15)21)12-18-19-16(22)7-5-3-4-6-8-17(23)20-24/h9-12,21,24H,2-8H2,1H3,(H,19,22)(H,20,23)/b18-12+. The van der Waals surface area contributed by atoms with Gasteiger partial charge in [0.2, 0.25) is 11.8 Å². The highest BCUT2D eigenvalue weighted by Crippen LogP contribution is 2.26. The highest BCUT2D eigenvalue weighted by Gasteiger charge is 2.03. The van der Waals surface area contributed by atoms with Gasteiger partial charge in [0.05, 0.1) is 12.8 Å². The number of rotatable bonds is 11. The molecule has 0 saturated carbocycles. The third kappa shape index (κ3) is 8.71. The maximum Gasteiger partial charge on any atom is 0.243 e. The van der Waals surface area contributed by atoms with Crippen molar-refractivity contribution in [1.29, 1.82) is 0 Å². The molecule has 0 radical (unpaired) electrons. The molecule has 0 spiro atoms. The van der Waals surface area contributed by atoms with Crippen molar-refractivity contribution in [3.63, 3.8) is 0 Å². The first-order valence-corrected chi connectivity index (χ1v) is 8.27. The summed E-state index contributed by atoms with van der Waals surface area (Å²) in [5.74, 6) is -0.158. The molecule has 0 unspecified atom stereocenters. The number of phenols is 1. The maximum atomic E-state index is 11.7. The van der Waals surface area contributed by atoms with E-state index in [0.29, 0.717) is 37.2 Å². The molecule has 0 aliphatic carbocycles. The fourth-order valence-electron chi connectivity index (χ4n) is 2.10. The molecule has 25 heavy (non-hydrogen) atoms. The van der Waals surface area contributed by atoms with Crippen molar-refractivity contribution in [2.45, 2.75) is 45.4 Å². The second-order valence-corrected chi connectivity index (χ2v) is 5.40. The monoisotopic (exact) mass is 351 g/mol. The van der Waals surface area contributed by atoms with E-state index in [1.807, 2.05) is 6.92 Å². The summed E-state index contributed by atoms with van der Waals surface area (Å²) < 4.78 is 5.27. The lowest BCUT2D eigenvalue weighted by molar-refractivity contribution is -0.129. The van der Waals surface area contributed by atoms with E-state index in [1.165, 1.54) is 12.3 Å². The van der Waals surface area contributed by atoms with Crippen LogP contribution < -0.4 is 15.6 Å². The van der Waals surface area contributed by atoms with E-state index in [9.17, 15) is 14.7 Å². The lowest BCUT2D eigenvalue weighted by Gasteiger charge is -2.06. The van der Waals surface area contributed by atoms with Crippen molar-refractivity contribution in [2.24, 2.45) is 5.10 Å². The minimum absolute atomic E-state index is 0.0551. The second kappa shape index (κ2) is 11.9. The molecule has 1 aromatic carbocycles. The molecule has 0 bridgehead atoms. The number of amides is 2. The molecule has 8 heteroatoms. The molecule has 2 amide bonds. The Bertz CT molecular complexity index is 590. The van der Waals surface area contributed by atoms with Crippen LogP contribution in [0.25, 0.3) is 0 Å². The Kier molecular flexibility index (Phi) is 9.69. The van der Waals surface area contributed by atoms with Gasteiger partial charge < -0.3 is 9.84 Å². The predicted octanol–water partition coefficient (Wildman–Crippen LogP) is 2.09. The number of hydrogen-bond donors (Lipinski definition) is 4. The van der Waals surface area contributed by atoms with Crippen LogP contribution in [0.15, 0.2) is 23.3 Å². The minimum Gasteiger partial charge on any atom is -0.504 e. The van der Waals surface area contributed by atoms with Crippen LogP contribution in [0, 0.1) is 0 Å². The average molecular weight is 351 g/mol. The molecule has 1 aromatic rings. The lowest BCUT2D eigenvalue weighted by atomic mass is 10.1. The molecule has 0 saturated heterocycles. The van der Waals surface area contributed by atoms with Crippen molar-refractivity contribution < 1.29 is 24.6 Å². The van der Waals surface area contributed by atoms with E-state index in [0.717, 1.165) is 12.8 Å². The zero-order valence-corrected chi connectivity index (χ0v) is 14.3. The van der Waals surface area contributed by atoms with Gasteiger partial charge in [0.15, 0.2) is 11.5 Å². The van der Waals surface area contributed by atoms with E-state index in [4.69, 9.17) is 9.94 Å². The molecule has 138 valence electrons. The molecule has 0 heterocycles. The number of unbranched alkanes of at least 4 members (excludes halogenated alkanes) is 3. The Morgan fingerprint density at radius 2 is 1.84 bits per heavy atom. The first-order valence-electron chi connectivity index (χ1n) is 8.27.